The molecule has 0 aliphatic carbocycles. The standard InChI is InChI=1S/C14H25N3OS/c1-4-11-7-5-6-8-17(11)14-16-12(10-18-3)13(19-14)9-15-2/h11,15H,4-10H2,1-3H3. The van der Waals surface area contributed by atoms with Crippen molar-refractivity contribution >= 4 is 16.5 Å². The van der Waals surface area contributed by atoms with Crippen LogP contribution in [-0.2, 0) is 17.9 Å². The molecule has 1 aromatic heterocycles. The highest BCUT2D eigenvalue weighted by Crippen LogP contribution is 2.32. The summed E-state index contributed by atoms with van der Waals surface area (Å²) in [5.41, 5.74) is 1.09. The number of aromatic nitrogens is 1. The maximum Gasteiger partial charge on any atom is 0.186 e. The van der Waals surface area contributed by atoms with Crippen molar-refractivity contribution in [1.29, 1.82) is 0 Å². The van der Waals surface area contributed by atoms with Gasteiger partial charge in [-0.2, -0.15) is 0 Å². The van der Waals surface area contributed by atoms with Crippen LogP contribution in [0.1, 0.15) is 43.2 Å². The average molecular weight is 283 g/mol. The molecule has 0 saturated carbocycles. The minimum atomic E-state index is 0.609. The largest absolute Gasteiger partial charge is 0.378 e. The van der Waals surface area contributed by atoms with Crippen LogP contribution in [0.25, 0.3) is 0 Å². The van der Waals surface area contributed by atoms with Gasteiger partial charge >= 0.3 is 0 Å². The normalized spacial score (nSPS) is 19.9. The lowest BCUT2D eigenvalue weighted by Gasteiger charge is -2.35. The molecule has 19 heavy (non-hydrogen) atoms. The highest BCUT2D eigenvalue weighted by molar-refractivity contribution is 7.15. The first-order chi connectivity index (χ1) is 9.30. The zero-order chi connectivity index (χ0) is 13.7. The van der Waals surface area contributed by atoms with Gasteiger partial charge in [-0.05, 0) is 32.7 Å². The molecular weight excluding hydrogens is 258 g/mol. The fourth-order valence-electron chi connectivity index (χ4n) is 2.72. The van der Waals surface area contributed by atoms with E-state index >= 15 is 0 Å². The van der Waals surface area contributed by atoms with E-state index in [0.717, 1.165) is 18.8 Å². The van der Waals surface area contributed by atoms with Crippen molar-refractivity contribution in [3.05, 3.63) is 10.6 Å². The predicted molar refractivity (Wildman–Crippen MR) is 80.9 cm³/mol. The van der Waals surface area contributed by atoms with E-state index < -0.39 is 0 Å². The van der Waals surface area contributed by atoms with E-state index in [1.807, 2.05) is 18.4 Å². The fraction of sp³-hybridized carbons (Fsp3) is 0.786. The van der Waals surface area contributed by atoms with Crippen molar-refractivity contribution in [1.82, 2.24) is 10.3 Å². The van der Waals surface area contributed by atoms with Crippen LogP contribution in [0, 0.1) is 0 Å². The summed E-state index contributed by atoms with van der Waals surface area (Å²) in [6, 6.07) is 0.665. The summed E-state index contributed by atoms with van der Waals surface area (Å²) < 4.78 is 5.27. The molecule has 108 valence electrons. The van der Waals surface area contributed by atoms with Crippen LogP contribution in [0.3, 0.4) is 0 Å². The molecule has 1 aliphatic rings. The van der Waals surface area contributed by atoms with Crippen molar-refractivity contribution in [3.63, 3.8) is 0 Å². The number of hydrogen-bond acceptors (Lipinski definition) is 5. The molecule has 1 unspecified atom stereocenters. The summed E-state index contributed by atoms with van der Waals surface area (Å²) in [6.07, 6.45) is 5.16. The molecule has 1 aliphatic heterocycles. The molecule has 0 bridgehead atoms. The van der Waals surface area contributed by atoms with E-state index in [4.69, 9.17) is 9.72 Å². The topological polar surface area (TPSA) is 37.4 Å². The van der Waals surface area contributed by atoms with E-state index in [2.05, 4.69) is 17.1 Å². The molecule has 5 heteroatoms. The van der Waals surface area contributed by atoms with E-state index in [1.165, 1.54) is 35.7 Å². The van der Waals surface area contributed by atoms with Gasteiger partial charge in [-0.3, -0.25) is 0 Å². The highest BCUT2D eigenvalue weighted by atomic mass is 32.1. The maximum absolute atomic E-state index is 5.27. The third-order valence-electron chi connectivity index (χ3n) is 3.73. The summed E-state index contributed by atoms with van der Waals surface area (Å²) in [5.74, 6) is 0. The van der Waals surface area contributed by atoms with Gasteiger partial charge < -0.3 is 15.0 Å². The summed E-state index contributed by atoms with van der Waals surface area (Å²) in [6.45, 7) is 4.91. The van der Waals surface area contributed by atoms with Crippen LogP contribution < -0.4 is 10.2 Å². The van der Waals surface area contributed by atoms with Gasteiger partial charge in [0.1, 0.15) is 0 Å². The number of piperidine rings is 1. The lowest BCUT2D eigenvalue weighted by Crippen LogP contribution is -2.39. The van der Waals surface area contributed by atoms with Gasteiger partial charge in [-0.1, -0.05) is 6.92 Å². The Bertz CT molecular complexity index is 371. The molecule has 1 fully saturated rings. The number of thiazole rings is 1. The number of ether oxygens (including phenoxy) is 1. The monoisotopic (exact) mass is 283 g/mol. The minimum Gasteiger partial charge on any atom is -0.378 e. The average Bonchev–Trinajstić information content (AvgIpc) is 2.83. The number of nitrogens with zero attached hydrogens (tertiary/aromatic N) is 2. The molecule has 0 amide bonds. The van der Waals surface area contributed by atoms with Gasteiger partial charge in [-0.15, -0.1) is 11.3 Å². The van der Waals surface area contributed by atoms with Gasteiger partial charge in [0.15, 0.2) is 5.13 Å². The van der Waals surface area contributed by atoms with Crippen LogP contribution >= 0.6 is 11.3 Å². The minimum absolute atomic E-state index is 0.609. The smallest absolute Gasteiger partial charge is 0.186 e. The van der Waals surface area contributed by atoms with Gasteiger partial charge in [0, 0.05) is 31.1 Å². The molecule has 0 aromatic carbocycles. The molecule has 0 radical (unpaired) electrons. The maximum atomic E-state index is 5.27. The molecule has 0 spiro atoms. The first-order valence-electron chi connectivity index (χ1n) is 7.18. The fourth-order valence-corrected chi connectivity index (χ4v) is 3.89. The summed E-state index contributed by atoms with van der Waals surface area (Å²) in [5, 5.41) is 4.40. The summed E-state index contributed by atoms with van der Waals surface area (Å²) in [4.78, 5) is 8.63. The van der Waals surface area contributed by atoms with Crippen LogP contribution in [0.15, 0.2) is 0 Å². The predicted octanol–water partition coefficient (Wildman–Crippen LogP) is 2.78. The number of anilines is 1. The lowest BCUT2D eigenvalue weighted by molar-refractivity contribution is 0.181. The Labute approximate surface area is 120 Å². The Balaban J connectivity index is 2.20. The second-order valence-corrected chi connectivity index (χ2v) is 6.14. The number of methoxy groups -OCH3 is 1. The molecule has 4 nitrogen and oxygen atoms in total. The zero-order valence-electron chi connectivity index (χ0n) is 12.2. The Morgan fingerprint density at radius 2 is 2.32 bits per heavy atom. The first-order valence-corrected chi connectivity index (χ1v) is 8.00. The van der Waals surface area contributed by atoms with Crippen LogP contribution in [-0.4, -0.2) is 31.7 Å². The van der Waals surface area contributed by atoms with Crippen LogP contribution in [0.2, 0.25) is 0 Å². The summed E-state index contributed by atoms with van der Waals surface area (Å²) >= 11 is 1.82. The van der Waals surface area contributed by atoms with Crippen molar-refractivity contribution in [3.8, 4) is 0 Å². The van der Waals surface area contributed by atoms with Crippen molar-refractivity contribution in [2.45, 2.75) is 51.8 Å². The highest BCUT2D eigenvalue weighted by Gasteiger charge is 2.24. The molecule has 1 aromatic rings. The third-order valence-corrected chi connectivity index (χ3v) is 4.86. The number of nitrogens with one attached hydrogen (secondary N) is 1. The van der Waals surface area contributed by atoms with Gasteiger partial charge in [0.25, 0.3) is 0 Å². The van der Waals surface area contributed by atoms with Crippen molar-refractivity contribution in [2.24, 2.45) is 0 Å². The van der Waals surface area contributed by atoms with Crippen molar-refractivity contribution < 1.29 is 4.74 Å². The first kappa shape index (κ1) is 14.8. The van der Waals surface area contributed by atoms with Crippen LogP contribution in [0.4, 0.5) is 5.13 Å². The van der Waals surface area contributed by atoms with E-state index in [9.17, 15) is 0 Å². The Morgan fingerprint density at radius 1 is 1.47 bits per heavy atom. The van der Waals surface area contributed by atoms with Crippen LogP contribution in [0.5, 0.6) is 0 Å². The van der Waals surface area contributed by atoms with E-state index in [0.29, 0.717) is 12.6 Å². The molecule has 1 N–H and O–H groups in total. The third kappa shape index (κ3) is 3.46. The Hall–Kier alpha value is -0.650. The quantitative estimate of drug-likeness (QED) is 0.871. The molecular formula is C14H25N3OS. The Morgan fingerprint density at radius 3 is 3.00 bits per heavy atom. The molecule has 1 saturated heterocycles. The number of rotatable bonds is 6. The second kappa shape index (κ2) is 7.22. The van der Waals surface area contributed by atoms with Crippen molar-refractivity contribution in [2.75, 3.05) is 25.6 Å². The number of hydrogen-bond donors (Lipinski definition) is 1. The molecule has 1 atom stereocenters. The second-order valence-electron chi connectivity index (χ2n) is 5.08. The van der Waals surface area contributed by atoms with Gasteiger partial charge in [-0.25, -0.2) is 4.98 Å². The molecule has 2 heterocycles. The lowest BCUT2D eigenvalue weighted by atomic mass is 10.0. The van der Waals surface area contributed by atoms with Gasteiger partial charge in [0.05, 0.1) is 12.3 Å². The van der Waals surface area contributed by atoms with Gasteiger partial charge in [0.2, 0.25) is 0 Å². The summed E-state index contributed by atoms with van der Waals surface area (Å²) in [7, 11) is 3.71. The SMILES string of the molecule is CCC1CCCCN1c1nc(COC)c(CNC)s1. The molecule has 2 rings (SSSR count). The zero-order valence-corrected chi connectivity index (χ0v) is 13.1. The van der Waals surface area contributed by atoms with E-state index in [1.54, 1.807) is 7.11 Å². The van der Waals surface area contributed by atoms with E-state index in [-0.39, 0.29) is 0 Å². The Kier molecular flexibility index (Phi) is 5.60.